The molecule has 3 aromatic heterocycles. The molecule has 7 nitrogen and oxygen atoms in total. The first-order valence-electron chi connectivity index (χ1n) is 14.9. The minimum absolute atomic E-state index is 0.0867. The van der Waals surface area contributed by atoms with Gasteiger partial charge >= 0.3 is 0 Å². The van der Waals surface area contributed by atoms with E-state index in [0.717, 1.165) is 44.7 Å². The van der Waals surface area contributed by atoms with E-state index in [1.54, 1.807) is 23.5 Å². The van der Waals surface area contributed by atoms with Crippen LogP contribution in [-0.4, -0.2) is 57.2 Å². The molecule has 0 aliphatic carbocycles. The smallest absolute Gasteiger partial charge is 0.261 e. The van der Waals surface area contributed by atoms with E-state index in [1.165, 1.54) is 25.9 Å². The third-order valence-electron chi connectivity index (χ3n) is 6.69. The second-order valence-corrected chi connectivity index (χ2v) is 10.3. The molecule has 9 heteroatoms. The summed E-state index contributed by atoms with van der Waals surface area (Å²) in [6.07, 6.45) is 7.70. The maximum absolute atomic E-state index is 13.5. The second kappa shape index (κ2) is 16.1. The van der Waals surface area contributed by atoms with Gasteiger partial charge in [0.1, 0.15) is 5.69 Å². The number of aryl methyl sites for hydroxylation is 1. The third kappa shape index (κ3) is 9.42. The predicted octanol–water partition coefficient (Wildman–Crippen LogP) is 7.67. The Hall–Kier alpha value is -3.69. The number of pyridine rings is 2. The van der Waals surface area contributed by atoms with E-state index in [4.69, 9.17) is 0 Å². The SMILES string of the molecule is C=C(Nc1ccc(C)nc1)c1n[nH]c2ccc(-c3cncc(CN4CCC(F)(F)C4)c3)cc12.CC.CCCNCCC. The van der Waals surface area contributed by atoms with Crippen molar-refractivity contribution in [2.45, 2.75) is 66.3 Å². The lowest BCUT2D eigenvalue weighted by Gasteiger charge is -2.15. The fraction of sp³-hybridized carbons (Fsp3) is 0.424. The van der Waals surface area contributed by atoms with Crippen LogP contribution in [0.2, 0.25) is 0 Å². The second-order valence-electron chi connectivity index (χ2n) is 10.3. The number of anilines is 1. The Morgan fingerprint density at radius 1 is 1.02 bits per heavy atom. The van der Waals surface area contributed by atoms with Crippen molar-refractivity contribution >= 4 is 22.3 Å². The average molecular weight is 578 g/mol. The van der Waals surface area contributed by atoms with Gasteiger partial charge < -0.3 is 10.6 Å². The molecule has 1 saturated heterocycles. The number of H-pyrrole nitrogens is 1. The highest BCUT2D eigenvalue weighted by molar-refractivity contribution is 5.95. The fourth-order valence-corrected chi connectivity index (χ4v) is 4.61. The summed E-state index contributed by atoms with van der Waals surface area (Å²) in [4.78, 5) is 10.4. The summed E-state index contributed by atoms with van der Waals surface area (Å²) in [7, 11) is 0. The zero-order chi connectivity index (χ0) is 30.5. The number of alkyl halides is 2. The highest BCUT2D eigenvalue weighted by Gasteiger charge is 2.37. The molecule has 42 heavy (non-hydrogen) atoms. The maximum Gasteiger partial charge on any atom is 0.261 e. The summed E-state index contributed by atoms with van der Waals surface area (Å²) >= 11 is 0. The van der Waals surface area contributed by atoms with Crippen LogP contribution in [0, 0.1) is 6.92 Å². The number of nitrogens with one attached hydrogen (secondary N) is 3. The topological polar surface area (TPSA) is 81.8 Å². The Morgan fingerprint density at radius 2 is 1.79 bits per heavy atom. The zero-order valence-electron chi connectivity index (χ0n) is 25.6. The fourth-order valence-electron chi connectivity index (χ4n) is 4.61. The highest BCUT2D eigenvalue weighted by Crippen LogP contribution is 2.30. The molecule has 226 valence electrons. The molecule has 3 N–H and O–H groups in total. The standard InChI is InChI=1S/C25H24F2N6.C6H15N.C2H6/c1-16-3-5-21(13-29-16)30-17(2)24-22-10-19(4-6-23(22)31-32-24)20-9-18(11-28-12-20)14-33-8-7-25(26,27)15-33;1-3-5-7-6-4-2;1-2/h3-6,9-13,30H,2,7-8,14-15H2,1H3,(H,31,32);7H,3-6H2,1-2H3;1-2H3. The van der Waals surface area contributed by atoms with Crippen LogP contribution in [0.1, 0.15) is 63.9 Å². The first kappa shape index (κ1) is 32.8. The minimum atomic E-state index is -2.60. The monoisotopic (exact) mass is 577 g/mol. The Bertz CT molecular complexity index is 1400. The molecule has 5 rings (SSSR count). The molecule has 4 aromatic rings. The molecule has 0 unspecified atom stereocenters. The summed E-state index contributed by atoms with van der Waals surface area (Å²) < 4.78 is 27.1. The molecule has 1 aromatic carbocycles. The van der Waals surface area contributed by atoms with Gasteiger partial charge in [-0.1, -0.05) is 40.3 Å². The van der Waals surface area contributed by atoms with E-state index in [-0.39, 0.29) is 13.0 Å². The van der Waals surface area contributed by atoms with Crippen LogP contribution in [0.5, 0.6) is 0 Å². The van der Waals surface area contributed by atoms with Gasteiger partial charge in [-0.3, -0.25) is 20.0 Å². The molecule has 0 saturated carbocycles. The number of halogens is 2. The van der Waals surface area contributed by atoms with Gasteiger partial charge in [0.2, 0.25) is 0 Å². The van der Waals surface area contributed by atoms with E-state index >= 15 is 0 Å². The highest BCUT2D eigenvalue weighted by atomic mass is 19.3. The van der Waals surface area contributed by atoms with E-state index < -0.39 is 5.92 Å². The van der Waals surface area contributed by atoms with E-state index in [0.29, 0.717) is 18.8 Å². The molecule has 0 spiro atoms. The lowest BCUT2D eigenvalue weighted by molar-refractivity contribution is 0.0115. The third-order valence-corrected chi connectivity index (χ3v) is 6.69. The quantitative estimate of drug-likeness (QED) is 0.168. The van der Waals surface area contributed by atoms with E-state index in [9.17, 15) is 8.78 Å². The van der Waals surface area contributed by atoms with Crippen molar-refractivity contribution in [1.29, 1.82) is 0 Å². The number of fused-ring (bicyclic) bond motifs is 1. The van der Waals surface area contributed by atoms with Crippen molar-refractivity contribution in [1.82, 2.24) is 30.4 Å². The molecule has 1 aliphatic heterocycles. The van der Waals surface area contributed by atoms with Crippen LogP contribution in [-0.2, 0) is 6.54 Å². The van der Waals surface area contributed by atoms with Crippen LogP contribution in [0.25, 0.3) is 27.7 Å². The van der Waals surface area contributed by atoms with Gasteiger partial charge in [-0.2, -0.15) is 5.10 Å². The summed E-state index contributed by atoms with van der Waals surface area (Å²) in [5, 5.41) is 15.0. The molecular formula is C33H45F2N7. The molecule has 0 bridgehead atoms. The van der Waals surface area contributed by atoms with Crippen molar-refractivity contribution in [3.63, 3.8) is 0 Å². The summed E-state index contributed by atoms with van der Waals surface area (Å²) in [6.45, 7) is 17.5. The predicted molar refractivity (Wildman–Crippen MR) is 171 cm³/mol. The Morgan fingerprint density at radius 3 is 2.43 bits per heavy atom. The van der Waals surface area contributed by atoms with Crippen molar-refractivity contribution in [3.05, 3.63) is 78.5 Å². The number of hydrogen-bond acceptors (Lipinski definition) is 6. The van der Waals surface area contributed by atoms with Crippen LogP contribution < -0.4 is 10.6 Å². The Balaban J connectivity index is 0.000000474. The maximum atomic E-state index is 13.5. The first-order chi connectivity index (χ1) is 20.3. The van der Waals surface area contributed by atoms with Crippen molar-refractivity contribution in [2.75, 3.05) is 31.5 Å². The van der Waals surface area contributed by atoms with Crippen LogP contribution in [0.15, 0.2) is 61.6 Å². The molecule has 0 radical (unpaired) electrons. The van der Waals surface area contributed by atoms with Gasteiger partial charge in [-0.05, 0) is 74.3 Å². The number of nitrogens with zero attached hydrogens (tertiary/aromatic N) is 4. The normalized spacial score (nSPS) is 14.1. The average Bonchev–Trinajstić information content (AvgIpc) is 3.58. The van der Waals surface area contributed by atoms with Crippen molar-refractivity contribution in [3.8, 4) is 11.1 Å². The first-order valence-corrected chi connectivity index (χ1v) is 14.9. The van der Waals surface area contributed by atoms with Crippen LogP contribution in [0.4, 0.5) is 14.5 Å². The molecule has 0 atom stereocenters. The lowest BCUT2D eigenvalue weighted by atomic mass is 10.0. The molecule has 1 aliphatic rings. The minimum Gasteiger partial charge on any atom is -0.353 e. The van der Waals surface area contributed by atoms with Gasteiger partial charge in [0.05, 0.1) is 29.6 Å². The number of likely N-dealkylation sites (tertiary alicyclic amines) is 1. The molecule has 4 heterocycles. The van der Waals surface area contributed by atoms with Gasteiger partial charge in [0.25, 0.3) is 5.92 Å². The summed E-state index contributed by atoms with van der Waals surface area (Å²) in [6, 6.07) is 11.9. The molecular weight excluding hydrogens is 532 g/mol. The van der Waals surface area contributed by atoms with Crippen LogP contribution in [0.3, 0.4) is 0 Å². The van der Waals surface area contributed by atoms with Crippen LogP contribution >= 0.6 is 0 Å². The lowest BCUT2D eigenvalue weighted by Crippen LogP contribution is -2.24. The molecule has 0 amide bonds. The number of benzene rings is 1. The van der Waals surface area contributed by atoms with E-state index in [1.807, 2.05) is 57.2 Å². The Kier molecular flexibility index (Phi) is 12.6. The number of aromatic amines is 1. The largest absolute Gasteiger partial charge is 0.353 e. The van der Waals surface area contributed by atoms with Gasteiger partial charge in [-0.25, -0.2) is 8.78 Å². The number of hydrogen-bond donors (Lipinski definition) is 3. The van der Waals surface area contributed by atoms with Gasteiger partial charge in [0.15, 0.2) is 0 Å². The summed E-state index contributed by atoms with van der Waals surface area (Å²) in [5.74, 6) is -2.60. The van der Waals surface area contributed by atoms with Crippen molar-refractivity contribution < 1.29 is 8.78 Å². The van der Waals surface area contributed by atoms with Gasteiger partial charge in [0, 0.05) is 48.5 Å². The van der Waals surface area contributed by atoms with Gasteiger partial charge in [-0.15, -0.1) is 0 Å². The molecule has 1 fully saturated rings. The summed E-state index contributed by atoms with van der Waals surface area (Å²) in [5.41, 5.74) is 6.85. The van der Waals surface area contributed by atoms with Crippen molar-refractivity contribution in [2.24, 2.45) is 0 Å². The number of aromatic nitrogens is 4. The van der Waals surface area contributed by atoms with E-state index in [2.05, 4.69) is 51.2 Å². The zero-order valence-corrected chi connectivity index (χ0v) is 25.6. The Labute approximate surface area is 248 Å². The number of rotatable bonds is 10.